The van der Waals surface area contributed by atoms with Crippen LogP contribution in [0.3, 0.4) is 0 Å². The van der Waals surface area contributed by atoms with E-state index >= 15 is 0 Å². The molecule has 0 spiro atoms. The summed E-state index contributed by atoms with van der Waals surface area (Å²) in [6, 6.07) is 12.9. The second-order valence-corrected chi connectivity index (χ2v) is 6.98. The van der Waals surface area contributed by atoms with Crippen molar-refractivity contribution in [1.29, 1.82) is 0 Å². The third kappa shape index (κ3) is 3.68. The van der Waals surface area contributed by atoms with Crippen molar-refractivity contribution < 1.29 is 9.59 Å². The molecule has 0 radical (unpaired) electrons. The molecule has 2 aromatic carbocycles. The first-order chi connectivity index (χ1) is 11.0. The Morgan fingerprint density at radius 3 is 2.87 bits per heavy atom. The lowest BCUT2D eigenvalue weighted by atomic mass is 10.2. The number of halogens is 1. The smallest absolute Gasteiger partial charge is 0.238 e. The molecule has 6 heteroatoms. The lowest BCUT2D eigenvalue weighted by molar-refractivity contribution is -0.120. The van der Waals surface area contributed by atoms with Crippen molar-refractivity contribution in [1.82, 2.24) is 0 Å². The molecule has 1 unspecified atom stereocenters. The van der Waals surface area contributed by atoms with Crippen LogP contribution in [0.1, 0.15) is 12.0 Å². The molecular weight excluding hydrogens is 332 g/mol. The van der Waals surface area contributed by atoms with Gasteiger partial charge in [0.05, 0.1) is 10.9 Å². The van der Waals surface area contributed by atoms with E-state index in [1.165, 1.54) is 11.8 Å². The molecule has 4 nitrogen and oxygen atoms in total. The Hall–Kier alpha value is -1.98. The molecule has 0 saturated carbocycles. The van der Waals surface area contributed by atoms with Crippen molar-refractivity contribution in [3.8, 4) is 0 Å². The Labute approximate surface area is 143 Å². The Balaban J connectivity index is 1.68. The molecule has 1 aliphatic heterocycles. The number of thioether (sulfide) groups is 1. The Kier molecular flexibility index (Phi) is 4.59. The molecule has 2 amide bonds. The highest BCUT2D eigenvalue weighted by Gasteiger charge is 2.29. The lowest BCUT2D eigenvalue weighted by Gasteiger charge is -2.24. The molecule has 0 fully saturated rings. The highest BCUT2D eigenvalue weighted by molar-refractivity contribution is 8.01. The topological polar surface area (TPSA) is 58.2 Å². The zero-order valence-corrected chi connectivity index (χ0v) is 14.0. The van der Waals surface area contributed by atoms with E-state index in [-0.39, 0.29) is 18.2 Å². The van der Waals surface area contributed by atoms with Crippen molar-refractivity contribution in [2.45, 2.75) is 23.5 Å². The van der Waals surface area contributed by atoms with Crippen LogP contribution in [-0.2, 0) is 9.59 Å². The first-order valence-corrected chi connectivity index (χ1v) is 8.41. The van der Waals surface area contributed by atoms with Gasteiger partial charge in [-0.15, -0.1) is 11.8 Å². The van der Waals surface area contributed by atoms with E-state index in [9.17, 15) is 9.59 Å². The maximum absolute atomic E-state index is 12.2. The van der Waals surface area contributed by atoms with Gasteiger partial charge in [0.2, 0.25) is 11.8 Å². The van der Waals surface area contributed by atoms with E-state index < -0.39 is 5.25 Å². The van der Waals surface area contributed by atoms with Crippen molar-refractivity contribution in [3.05, 3.63) is 53.1 Å². The number of rotatable bonds is 3. The summed E-state index contributed by atoms with van der Waals surface area (Å²) in [5.41, 5.74) is 2.45. The average Bonchev–Trinajstić information content (AvgIpc) is 2.50. The Morgan fingerprint density at radius 2 is 2.09 bits per heavy atom. The van der Waals surface area contributed by atoms with Crippen LogP contribution in [0.15, 0.2) is 47.4 Å². The minimum atomic E-state index is -0.451. The van der Waals surface area contributed by atoms with Crippen LogP contribution < -0.4 is 10.6 Å². The third-order valence-electron chi connectivity index (χ3n) is 3.55. The number of carbonyl (C=O) groups is 2. The summed E-state index contributed by atoms with van der Waals surface area (Å²) in [5.74, 6) is -0.353. The van der Waals surface area contributed by atoms with E-state index in [2.05, 4.69) is 10.6 Å². The molecule has 1 aliphatic rings. The first-order valence-electron chi connectivity index (χ1n) is 7.15. The fourth-order valence-corrected chi connectivity index (χ4v) is 3.60. The van der Waals surface area contributed by atoms with Crippen LogP contribution in [0, 0.1) is 6.92 Å². The maximum Gasteiger partial charge on any atom is 0.238 e. The summed E-state index contributed by atoms with van der Waals surface area (Å²) in [7, 11) is 0. The average molecular weight is 347 g/mol. The normalized spacial score (nSPS) is 16.4. The van der Waals surface area contributed by atoms with Crippen LogP contribution in [0.5, 0.6) is 0 Å². The van der Waals surface area contributed by atoms with Crippen LogP contribution in [0.2, 0.25) is 5.02 Å². The summed E-state index contributed by atoms with van der Waals surface area (Å²) in [6.45, 7) is 1.93. The summed E-state index contributed by atoms with van der Waals surface area (Å²) in [4.78, 5) is 25.3. The molecule has 1 atom stereocenters. The highest BCUT2D eigenvalue weighted by atomic mass is 35.5. The SMILES string of the molecule is Cc1ccccc1NC(=O)CC1Sc2ccc(Cl)cc2NC1=O. The number of amides is 2. The van der Waals surface area contributed by atoms with E-state index in [0.29, 0.717) is 10.7 Å². The lowest BCUT2D eigenvalue weighted by Crippen LogP contribution is -2.32. The fourth-order valence-electron chi connectivity index (χ4n) is 2.34. The van der Waals surface area contributed by atoms with Gasteiger partial charge in [-0.05, 0) is 36.8 Å². The van der Waals surface area contributed by atoms with Gasteiger partial charge < -0.3 is 10.6 Å². The molecular formula is C17H15ClN2O2S. The Morgan fingerprint density at radius 1 is 1.30 bits per heavy atom. The molecule has 2 aromatic rings. The molecule has 0 aliphatic carbocycles. The minimum Gasteiger partial charge on any atom is -0.326 e. The quantitative estimate of drug-likeness (QED) is 0.880. The van der Waals surface area contributed by atoms with Crippen LogP contribution >= 0.6 is 23.4 Å². The predicted octanol–water partition coefficient (Wildman–Crippen LogP) is 4.09. The zero-order chi connectivity index (χ0) is 16.4. The molecule has 0 aromatic heterocycles. The summed E-state index contributed by atoms with van der Waals surface area (Å²) in [5, 5.41) is 5.78. The number of fused-ring (bicyclic) bond motifs is 1. The zero-order valence-electron chi connectivity index (χ0n) is 12.4. The number of hydrogen-bond acceptors (Lipinski definition) is 3. The van der Waals surface area contributed by atoms with Gasteiger partial charge in [0.15, 0.2) is 0 Å². The maximum atomic E-state index is 12.2. The van der Waals surface area contributed by atoms with Gasteiger partial charge in [0.25, 0.3) is 0 Å². The van der Waals surface area contributed by atoms with E-state index in [4.69, 9.17) is 11.6 Å². The van der Waals surface area contributed by atoms with E-state index in [1.54, 1.807) is 12.1 Å². The molecule has 3 rings (SSSR count). The van der Waals surface area contributed by atoms with Gasteiger partial charge in [0, 0.05) is 22.0 Å². The van der Waals surface area contributed by atoms with Gasteiger partial charge in [-0.25, -0.2) is 0 Å². The minimum absolute atomic E-state index is 0.118. The molecule has 0 bridgehead atoms. The number of hydrogen-bond donors (Lipinski definition) is 2. The highest BCUT2D eigenvalue weighted by Crippen LogP contribution is 2.38. The van der Waals surface area contributed by atoms with E-state index in [1.807, 2.05) is 37.3 Å². The number of para-hydroxylation sites is 1. The van der Waals surface area contributed by atoms with E-state index in [0.717, 1.165) is 16.1 Å². The summed E-state index contributed by atoms with van der Waals surface area (Å²) in [6.07, 6.45) is 0.118. The number of aryl methyl sites for hydroxylation is 1. The summed E-state index contributed by atoms with van der Waals surface area (Å²) < 4.78 is 0. The third-order valence-corrected chi connectivity index (χ3v) is 5.06. The number of nitrogens with one attached hydrogen (secondary N) is 2. The number of anilines is 2. The largest absolute Gasteiger partial charge is 0.326 e. The Bertz CT molecular complexity index is 779. The van der Waals surface area contributed by atoms with Gasteiger partial charge in [-0.3, -0.25) is 9.59 Å². The molecule has 2 N–H and O–H groups in total. The van der Waals surface area contributed by atoms with Crippen LogP contribution in [-0.4, -0.2) is 17.1 Å². The van der Waals surface area contributed by atoms with Gasteiger partial charge in [0.1, 0.15) is 0 Å². The van der Waals surface area contributed by atoms with Crippen molar-refractivity contribution >= 4 is 46.6 Å². The number of carbonyl (C=O) groups excluding carboxylic acids is 2. The molecule has 23 heavy (non-hydrogen) atoms. The van der Waals surface area contributed by atoms with Crippen molar-refractivity contribution in [2.75, 3.05) is 10.6 Å². The van der Waals surface area contributed by atoms with Gasteiger partial charge >= 0.3 is 0 Å². The second kappa shape index (κ2) is 6.64. The van der Waals surface area contributed by atoms with Gasteiger partial charge in [-0.1, -0.05) is 29.8 Å². The monoisotopic (exact) mass is 346 g/mol. The molecule has 118 valence electrons. The molecule has 0 saturated heterocycles. The van der Waals surface area contributed by atoms with Crippen molar-refractivity contribution in [2.24, 2.45) is 0 Å². The standard InChI is InChI=1S/C17H15ClN2O2S/c1-10-4-2-3-5-12(10)19-16(21)9-15-17(22)20-13-8-11(18)6-7-14(13)23-15/h2-8,15H,9H2,1H3,(H,19,21)(H,20,22). The summed E-state index contributed by atoms with van der Waals surface area (Å²) >= 11 is 7.31. The van der Waals surface area contributed by atoms with Gasteiger partial charge in [-0.2, -0.15) is 0 Å². The molecule has 1 heterocycles. The number of benzene rings is 2. The first kappa shape index (κ1) is 15.9. The van der Waals surface area contributed by atoms with Crippen LogP contribution in [0.25, 0.3) is 0 Å². The second-order valence-electron chi connectivity index (χ2n) is 5.30. The predicted molar refractivity (Wildman–Crippen MR) is 94.2 cm³/mol. The van der Waals surface area contributed by atoms with Crippen LogP contribution in [0.4, 0.5) is 11.4 Å². The van der Waals surface area contributed by atoms with Crippen molar-refractivity contribution in [3.63, 3.8) is 0 Å². The fraction of sp³-hybridized carbons (Fsp3) is 0.176.